The molecule has 0 saturated carbocycles. The number of carbonyl (C=O) groups is 3. The molecular weight excluding hydrogens is 344 g/mol. The van der Waals surface area contributed by atoms with Gasteiger partial charge in [-0.15, -0.1) is 0 Å². The molecule has 0 fully saturated rings. The number of nitrogens with zero attached hydrogens (tertiary/aromatic N) is 1. The molecule has 25 heavy (non-hydrogen) atoms. The van der Waals surface area contributed by atoms with Crippen LogP contribution in [0.5, 0.6) is 0 Å². The van der Waals surface area contributed by atoms with Crippen LogP contribution in [0.1, 0.15) is 35.3 Å². The monoisotopic (exact) mass is 360 g/mol. The molecule has 8 heteroatoms. The minimum atomic E-state index is -0.537. The predicted octanol–water partition coefficient (Wildman–Crippen LogP) is 1.76. The van der Waals surface area contributed by atoms with Crippen LogP contribution < -0.4 is 16.2 Å². The maximum Gasteiger partial charge on any atom is 0.271 e. The van der Waals surface area contributed by atoms with Crippen molar-refractivity contribution >= 4 is 29.3 Å². The zero-order valence-corrected chi connectivity index (χ0v) is 14.2. The third kappa shape index (κ3) is 5.89. The second-order valence-electron chi connectivity index (χ2n) is 5.25. The normalized spacial score (nSPS) is 11.3. The van der Waals surface area contributed by atoms with Crippen LogP contribution in [0.2, 0.25) is 5.02 Å². The van der Waals surface area contributed by atoms with Crippen molar-refractivity contribution in [2.75, 3.05) is 0 Å². The SMILES string of the molecule is CC(=O)NC(CC(=O)NNC(=O)c1cccnc1)c1ccc(Cl)cc1. The molecule has 1 aromatic carbocycles. The Kier molecular flexibility index (Phi) is 6.47. The Morgan fingerprint density at radius 2 is 1.84 bits per heavy atom. The van der Waals surface area contributed by atoms with E-state index in [-0.39, 0.29) is 12.3 Å². The minimum Gasteiger partial charge on any atom is -0.349 e. The molecule has 0 radical (unpaired) electrons. The molecule has 130 valence electrons. The Morgan fingerprint density at radius 1 is 1.12 bits per heavy atom. The second kappa shape index (κ2) is 8.79. The number of amides is 3. The average Bonchev–Trinajstić information content (AvgIpc) is 2.60. The Hall–Kier alpha value is -2.93. The third-order valence-corrected chi connectivity index (χ3v) is 3.53. The molecule has 2 rings (SSSR count). The first-order chi connectivity index (χ1) is 12.0. The molecule has 0 spiro atoms. The van der Waals surface area contributed by atoms with E-state index in [4.69, 9.17) is 11.6 Å². The number of halogens is 1. The van der Waals surface area contributed by atoms with Crippen LogP contribution in [0.3, 0.4) is 0 Å². The number of hydrazine groups is 1. The lowest BCUT2D eigenvalue weighted by atomic mass is 10.0. The van der Waals surface area contributed by atoms with Crippen LogP contribution in [-0.4, -0.2) is 22.7 Å². The van der Waals surface area contributed by atoms with E-state index in [1.54, 1.807) is 42.6 Å². The zero-order valence-electron chi connectivity index (χ0n) is 13.5. The molecule has 1 atom stereocenters. The van der Waals surface area contributed by atoms with Gasteiger partial charge in [0, 0.05) is 24.3 Å². The van der Waals surface area contributed by atoms with Crippen LogP contribution in [0.15, 0.2) is 48.8 Å². The van der Waals surface area contributed by atoms with E-state index in [0.717, 1.165) is 5.56 Å². The quantitative estimate of drug-likeness (QED) is 0.707. The van der Waals surface area contributed by atoms with E-state index in [1.807, 2.05) is 0 Å². The van der Waals surface area contributed by atoms with Crippen molar-refractivity contribution in [2.24, 2.45) is 0 Å². The highest BCUT2D eigenvalue weighted by Gasteiger charge is 2.17. The van der Waals surface area contributed by atoms with Crippen molar-refractivity contribution in [1.82, 2.24) is 21.2 Å². The lowest BCUT2D eigenvalue weighted by Gasteiger charge is -2.18. The lowest BCUT2D eigenvalue weighted by molar-refractivity contribution is -0.123. The summed E-state index contributed by atoms with van der Waals surface area (Å²) in [5.41, 5.74) is 5.68. The van der Waals surface area contributed by atoms with Gasteiger partial charge in [0.25, 0.3) is 5.91 Å². The Morgan fingerprint density at radius 3 is 2.44 bits per heavy atom. The fourth-order valence-corrected chi connectivity index (χ4v) is 2.25. The molecular formula is C17H17ClN4O3. The van der Waals surface area contributed by atoms with Crippen LogP contribution in [0.25, 0.3) is 0 Å². The second-order valence-corrected chi connectivity index (χ2v) is 5.69. The van der Waals surface area contributed by atoms with Crippen LogP contribution in [0, 0.1) is 0 Å². The zero-order chi connectivity index (χ0) is 18.2. The molecule has 1 heterocycles. The summed E-state index contributed by atoms with van der Waals surface area (Å²) in [6.45, 7) is 1.37. The summed E-state index contributed by atoms with van der Waals surface area (Å²) < 4.78 is 0. The summed E-state index contributed by atoms with van der Waals surface area (Å²) in [5, 5.41) is 3.25. The van der Waals surface area contributed by atoms with E-state index < -0.39 is 17.9 Å². The molecule has 0 aliphatic heterocycles. The number of hydrogen-bond donors (Lipinski definition) is 3. The molecule has 3 amide bonds. The number of nitrogens with one attached hydrogen (secondary N) is 3. The van der Waals surface area contributed by atoms with Gasteiger partial charge < -0.3 is 5.32 Å². The van der Waals surface area contributed by atoms with Crippen molar-refractivity contribution in [1.29, 1.82) is 0 Å². The highest BCUT2D eigenvalue weighted by Crippen LogP contribution is 2.19. The first kappa shape index (κ1) is 18.4. The van der Waals surface area contributed by atoms with Gasteiger partial charge >= 0.3 is 0 Å². The van der Waals surface area contributed by atoms with E-state index in [9.17, 15) is 14.4 Å². The number of carbonyl (C=O) groups excluding carboxylic acids is 3. The van der Waals surface area contributed by atoms with Gasteiger partial charge in [-0.1, -0.05) is 23.7 Å². The number of hydrogen-bond acceptors (Lipinski definition) is 4. The average molecular weight is 361 g/mol. The molecule has 7 nitrogen and oxygen atoms in total. The summed E-state index contributed by atoms with van der Waals surface area (Å²) >= 11 is 5.85. The first-order valence-electron chi connectivity index (χ1n) is 7.47. The third-order valence-electron chi connectivity index (χ3n) is 3.28. The van der Waals surface area contributed by atoms with Crippen molar-refractivity contribution < 1.29 is 14.4 Å². The van der Waals surface area contributed by atoms with Gasteiger partial charge in [0.2, 0.25) is 11.8 Å². The molecule has 1 unspecified atom stereocenters. The highest BCUT2D eigenvalue weighted by molar-refractivity contribution is 6.30. The fraction of sp³-hybridized carbons (Fsp3) is 0.176. The molecule has 3 N–H and O–H groups in total. The van der Waals surface area contributed by atoms with Crippen molar-refractivity contribution in [3.05, 3.63) is 64.9 Å². The molecule has 0 aliphatic rings. The van der Waals surface area contributed by atoms with Gasteiger partial charge in [-0.2, -0.15) is 0 Å². The van der Waals surface area contributed by atoms with Gasteiger partial charge in [0.1, 0.15) is 0 Å². The predicted molar refractivity (Wildman–Crippen MR) is 92.5 cm³/mol. The van der Waals surface area contributed by atoms with E-state index in [0.29, 0.717) is 10.6 Å². The van der Waals surface area contributed by atoms with Gasteiger partial charge in [0.15, 0.2) is 0 Å². The Balaban J connectivity index is 1.96. The largest absolute Gasteiger partial charge is 0.349 e. The topological polar surface area (TPSA) is 100 Å². The smallest absolute Gasteiger partial charge is 0.271 e. The van der Waals surface area contributed by atoms with Crippen LogP contribution in [0.4, 0.5) is 0 Å². The van der Waals surface area contributed by atoms with E-state index in [2.05, 4.69) is 21.2 Å². The summed E-state index contributed by atoms with van der Waals surface area (Å²) in [7, 11) is 0. The van der Waals surface area contributed by atoms with Crippen LogP contribution >= 0.6 is 11.6 Å². The van der Waals surface area contributed by atoms with E-state index in [1.165, 1.54) is 13.1 Å². The number of aromatic nitrogens is 1. The van der Waals surface area contributed by atoms with Crippen LogP contribution in [-0.2, 0) is 9.59 Å². The number of pyridine rings is 1. The van der Waals surface area contributed by atoms with Gasteiger partial charge in [0.05, 0.1) is 18.0 Å². The first-order valence-corrected chi connectivity index (χ1v) is 7.85. The van der Waals surface area contributed by atoms with Crippen molar-refractivity contribution in [3.8, 4) is 0 Å². The Bertz CT molecular complexity index is 750. The van der Waals surface area contributed by atoms with Crippen molar-refractivity contribution in [3.63, 3.8) is 0 Å². The molecule has 0 saturated heterocycles. The maximum atomic E-state index is 12.1. The summed E-state index contributed by atoms with van der Waals surface area (Å²) in [6, 6.07) is 9.45. The molecule has 2 aromatic rings. The lowest BCUT2D eigenvalue weighted by Crippen LogP contribution is -2.43. The number of rotatable bonds is 5. The van der Waals surface area contributed by atoms with Gasteiger partial charge in [-0.05, 0) is 29.8 Å². The highest BCUT2D eigenvalue weighted by atomic mass is 35.5. The number of benzene rings is 1. The minimum absolute atomic E-state index is 0.0471. The van der Waals surface area contributed by atoms with E-state index >= 15 is 0 Å². The molecule has 1 aromatic heterocycles. The fourth-order valence-electron chi connectivity index (χ4n) is 2.12. The maximum absolute atomic E-state index is 12.1. The summed E-state index contributed by atoms with van der Waals surface area (Å²) in [5.74, 6) is -1.21. The molecule has 0 bridgehead atoms. The Labute approximate surface area is 149 Å². The standard InChI is InChI=1S/C17H17ClN4O3/c1-11(23)20-15(12-4-6-14(18)7-5-12)9-16(24)21-22-17(25)13-3-2-8-19-10-13/h2-8,10,15H,9H2,1H3,(H,20,23)(H,21,24)(H,22,25). The summed E-state index contributed by atoms with van der Waals surface area (Å²) in [6.07, 6.45) is 2.88. The van der Waals surface area contributed by atoms with Crippen molar-refractivity contribution in [2.45, 2.75) is 19.4 Å². The molecule has 0 aliphatic carbocycles. The summed E-state index contributed by atoms with van der Waals surface area (Å²) in [4.78, 5) is 39.2. The van der Waals surface area contributed by atoms with Gasteiger partial charge in [-0.25, -0.2) is 0 Å². The van der Waals surface area contributed by atoms with Gasteiger partial charge in [-0.3, -0.25) is 30.2 Å².